The third-order valence-corrected chi connectivity index (χ3v) is 4.25. The first-order valence-electron chi connectivity index (χ1n) is 6.03. The topological polar surface area (TPSA) is 84.2 Å². The molecule has 2 atom stereocenters. The first-order chi connectivity index (χ1) is 8.54. The second-order valence-corrected chi connectivity index (χ2v) is 6.19. The van der Waals surface area contributed by atoms with Gasteiger partial charge in [0.2, 0.25) is 0 Å². The summed E-state index contributed by atoms with van der Waals surface area (Å²) in [6.07, 6.45) is 3.13. The van der Waals surface area contributed by atoms with Crippen LogP contribution >= 0.6 is 24.0 Å². The highest BCUT2D eigenvalue weighted by molar-refractivity contribution is 7.99. The Kier molecular flexibility index (Phi) is 6.42. The Hall–Kier alpha value is -0.820. The molecule has 0 aliphatic heterocycles. The smallest absolute Gasteiger partial charge is 0.309 e. The van der Waals surface area contributed by atoms with Crippen LogP contribution in [-0.4, -0.2) is 40.4 Å². The molecule has 0 aromatic heterocycles. The monoisotopic (exact) mass is 289 g/mol. The molecule has 4 N–H and O–H groups in total. The van der Waals surface area contributed by atoms with Crippen molar-refractivity contribution in [1.82, 2.24) is 10.6 Å². The zero-order valence-corrected chi connectivity index (χ0v) is 12.0. The number of hydrogen-bond donors (Lipinski definition) is 3. The summed E-state index contributed by atoms with van der Waals surface area (Å²) in [6.45, 7) is 2.15. The van der Waals surface area contributed by atoms with E-state index in [1.54, 1.807) is 0 Å². The fraction of sp³-hybridized carbons (Fsp3) is 0.727. The molecule has 0 saturated heterocycles. The van der Waals surface area contributed by atoms with Crippen molar-refractivity contribution in [1.29, 1.82) is 0 Å². The predicted molar refractivity (Wildman–Crippen MR) is 77.5 cm³/mol. The summed E-state index contributed by atoms with van der Waals surface area (Å²) < 4.78 is 0. The Labute approximate surface area is 117 Å². The summed E-state index contributed by atoms with van der Waals surface area (Å²) in [5, 5.41) is 5.58. The van der Waals surface area contributed by atoms with Gasteiger partial charge in [0, 0.05) is 11.3 Å². The SMILES string of the molecule is CCSC1CCCC1NC(=O)C(=O)NCC(N)=S. The molecule has 0 spiro atoms. The van der Waals surface area contributed by atoms with Crippen molar-refractivity contribution in [2.75, 3.05) is 12.3 Å². The van der Waals surface area contributed by atoms with Crippen LogP contribution < -0.4 is 16.4 Å². The Morgan fingerprint density at radius 3 is 2.72 bits per heavy atom. The number of rotatable bonds is 5. The molecule has 0 heterocycles. The molecule has 0 aromatic rings. The number of nitrogens with one attached hydrogen (secondary N) is 2. The van der Waals surface area contributed by atoms with Gasteiger partial charge in [-0.05, 0) is 18.6 Å². The first kappa shape index (κ1) is 15.2. The van der Waals surface area contributed by atoms with Gasteiger partial charge in [0.15, 0.2) is 0 Å². The van der Waals surface area contributed by atoms with Crippen LogP contribution in [0.1, 0.15) is 26.2 Å². The number of carbonyl (C=O) groups is 2. The van der Waals surface area contributed by atoms with Crippen LogP contribution in [0, 0.1) is 0 Å². The van der Waals surface area contributed by atoms with Crippen molar-refractivity contribution in [2.24, 2.45) is 5.73 Å². The highest BCUT2D eigenvalue weighted by Gasteiger charge is 2.29. The minimum Gasteiger partial charge on any atom is -0.392 e. The summed E-state index contributed by atoms with van der Waals surface area (Å²) in [5.74, 6) is -0.250. The number of carbonyl (C=O) groups excluding carboxylic acids is 2. The van der Waals surface area contributed by atoms with Crippen molar-refractivity contribution in [2.45, 2.75) is 37.5 Å². The summed E-state index contributed by atoms with van der Waals surface area (Å²) in [7, 11) is 0. The molecule has 7 heteroatoms. The van der Waals surface area contributed by atoms with E-state index < -0.39 is 11.8 Å². The van der Waals surface area contributed by atoms with Crippen molar-refractivity contribution < 1.29 is 9.59 Å². The summed E-state index contributed by atoms with van der Waals surface area (Å²) >= 11 is 6.46. The van der Waals surface area contributed by atoms with E-state index in [0.29, 0.717) is 5.25 Å². The van der Waals surface area contributed by atoms with Crippen LogP contribution in [0.2, 0.25) is 0 Å². The number of hydrogen-bond acceptors (Lipinski definition) is 4. The van der Waals surface area contributed by atoms with E-state index in [0.717, 1.165) is 25.0 Å². The van der Waals surface area contributed by atoms with Crippen LogP contribution in [0.5, 0.6) is 0 Å². The summed E-state index contributed by atoms with van der Waals surface area (Å²) in [6, 6.07) is 0.0954. The Morgan fingerprint density at radius 2 is 2.11 bits per heavy atom. The molecule has 0 bridgehead atoms. The molecule has 2 unspecified atom stereocenters. The van der Waals surface area contributed by atoms with E-state index in [-0.39, 0.29) is 17.6 Å². The molecule has 102 valence electrons. The van der Waals surface area contributed by atoms with Gasteiger partial charge in [0.25, 0.3) is 0 Å². The lowest BCUT2D eigenvalue weighted by atomic mass is 10.2. The predicted octanol–water partition coefficient (Wildman–Crippen LogP) is 0.179. The van der Waals surface area contributed by atoms with Crippen LogP contribution in [0.25, 0.3) is 0 Å². The Bertz CT molecular complexity index is 336. The number of amides is 2. The van der Waals surface area contributed by atoms with Crippen molar-refractivity contribution >= 4 is 40.8 Å². The van der Waals surface area contributed by atoms with E-state index in [1.165, 1.54) is 0 Å². The number of nitrogens with two attached hydrogens (primary N) is 1. The first-order valence-corrected chi connectivity index (χ1v) is 7.49. The molecule has 0 aromatic carbocycles. The fourth-order valence-corrected chi connectivity index (χ4v) is 3.26. The number of thiocarbonyl (C=S) groups is 1. The van der Waals surface area contributed by atoms with Crippen molar-refractivity contribution in [3.05, 3.63) is 0 Å². The third kappa shape index (κ3) is 4.81. The zero-order valence-electron chi connectivity index (χ0n) is 10.4. The molecule has 1 aliphatic rings. The lowest BCUT2D eigenvalue weighted by Crippen LogP contribution is -2.47. The van der Waals surface area contributed by atoms with E-state index in [2.05, 4.69) is 29.8 Å². The molecular formula is C11H19N3O2S2. The third-order valence-electron chi connectivity index (χ3n) is 2.78. The van der Waals surface area contributed by atoms with Crippen LogP contribution in [-0.2, 0) is 9.59 Å². The Balaban J connectivity index is 2.38. The van der Waals surface area contributed by atoms with E-state index in [1.807, 2.05) is 11.8 Å². The molecule has 1 saturated carbocycles. The lowest BCUT2D eigenvalue weighted by molar-refractivity contribution is -0.139. The highest BCUT2D eigenvalue weighted by atomic mass is 32.2. The van der Waals surface area contributed by atoms with Gasteiger partial charge in [0.1, 0.15) is 0 Å². The van der Waals surface area contributed by atoms with Gasteiger partial charge in [-0.3, -0.25) is 9.59 Å². The molecule has 5 nitrogen and oxygen atoms in total. The molecule has 0 radical (unpaired) electrons. The Morgan fingerprint density at radius 1 is 1.39 bits per heavy atom. The average Bonchev–Trinajstić information content (AvgIpc) is 2.74. The van der Waals surface area contributed by atoms with Gasteiger partial charge in [0.05, 0.1) is 11.5 Å². The standard InChI is InChI=1S/C11H19N3O2S2/c1-2-18-8-5-3-4-7(8)14-11(16)10(15)13-6-9(12)17/h7-8H,2-6H2,1H3,(H2,12,17)(H,13,15)(H,14,16). The second-order valence-electron chi connectivity index (χ2n) is 4.15. The maximum absolute atomic E-state index is 11.6. The molecule has 1 aliphatic carbocycles. The van der Waals surface area contributed by atoms with Crippen molar-refractivity contribution in [3.63, 3.8) is 0 Å². The second kappa shape index (κ2) is 7.58. The molecule has 18 heavy (non-hydrogen) atoms. The zero-order chi connectivity index (χ0) is 13.5. The fourth-order valence-electron chi connectivity index (χ4n) is 1.99. The van der Waals surface area contributed by atoms with Crippen molar-refractivity contribution in [3.8, 4) is 0 Å². The van der Waals surface area contributed by atoms with E-state index in [4.69, 9.17) is 5.73 Å². The number of thioether (sulfide) groups is 1. The molecular weight excluding hydrogens is 270 g/mol. The molecule has 1 fully saturated rings. The molecule has 2 amide bonds. The highest BCUT2D eigenvalue weighted by Crippen LogP contribution is 2.29. The summed E-state index contributed by atoms with van der Waals surface area (Å²) in [5.41, 5.74) is 5.25. The van der Waals surface area contributed by atoms with Crippen LogP contribution in [0.15, 0.2) is 0 Å². The average molecular weight is 289 g/mol. The van der Waals surface area contributed by atoms with Crippen LogP contribution in [0.3, 0.4) is 0 Å². The van der Waals surface area contributed by atoms with Gasteiger partial charge in [-0.1, -0.05) is 25.6 Å². The summed E-state index contributed by atoms with van der Waals surface area (Å²) in [4.78, 5) is 23.3. The van der Waals surface area contributed by atoms with E-state index in [9.17, 15) is 9.59 Å². The lowest BCUT2D eigenvalue weighted by Gasteiger charge is -2.19. The minimum atomic E-state index is -0.671. The quantitative estimate of drug-likeness (QED) is 0.497. The maximum Gasteiger partial charge on any atom is 0.309 e. The maximum atomic E-state index is 11.6. The molecule has 1 rings (SSSR count). The van der Waals surface area contributed by atoms with Gasteiger partial charge in [-0.25, -0.2) is 0 Å². The van der Waals surface area contributed by atoms with Gasteiger partial charge < -0.3 is 16.4 Å². The van der Waals surface area contributed by atoms with Gasteiger partial charge >= 0.3 is 11.8 Å². The van der Waals surface area contributed by atoms with Gasteiger partial charge in [-0.15, -0.1) is 0 Å². The van der Waals surface area contributed by atoms with Gasteiger partial charge in [-0.2, -0.15) is 11.8 Å². The van der Waals surface area contributed by atoms with Crippen LogP contribution in [0.4, 0.5) is 0 Å². The normalized spacial score (nSPS) is 22.5. The minimum absolute atomic E-state index is 0.0550. The van der Waals surface area contributed by atoms with E-state index >= 15 is 0 Å². The largest absolute Gasteiger partial charge is 0.392 e.